The number of hydrogen-bond acceptors (Lipinski definition) is 3. The fourth-order valence-electron chi connectivity index (χ4n) is 2.49. The number of thiophene rings is 1. The van der Waals surface area contributed by atoms with Crippen LogP contribution in [0.15, 0.2) is 16.8 Å². The van der Waals surface area contributed by atoms with E-state index in [0.717, 1.165) is 5.56 Å². The first-order valence-electron chi connectivity index (χ1n) is 6.66. The van der Waals surface area contributed by atoms with E-state index in [9.17, 15) is 9.59 Å². The molecule has 1 aliphatic heterocycles. The number of carbonyl (C=O) groups excluding carboxylic acids is 2. The Labute approximate surface area is 117 Å². The van der Waals surface area contributed by atoms with Gasteiger partial charge in [0.05, 0.1) is 0 Å². The Morgan fingerprint density at radius 3 is 2.68 bits per heavy atom. The molecule has 0 bridgehead atoms. The minimum Gasteiger partial charge on any atom is -0.343 e. The fourth-order valence-corrected chi connectivity index (χ4v) is 3.15. The van der Waals surface area contributed by atoms with E-state index in [4.69, 9.17) is 0 Å². The van der Waals surface area contributed by atoms with Gasteiger partial charge in [-0.25, -0.2) is 0 Å². The van der Waals surface area contributed by atoms with Gasteiger partial charge in [0.25, 0.3) is 0 Å². The van der Waals surface area contributed by atoms with Crippen molar-refractivity contribution in [1.29, 1.82) is 0 Å². The quantitative estimate of drug-likeness (QED) is 0.917. The number of carbonyl (C=O) groups is 2. The lowest BCUT2D eigenvalue weighted by atomic mass is 9.96. The van der Waals surface area contributed by atoms with Crippen LogP contribution >= 0.6 is 11.3 Å². The highest BCUT2D eigenvalue weighted by atomic mass is 32.1. The highest BCUT2D eigenvalue weighted by Crippen LogP contribution is 2.22. The minimum absolute atomic E-state index is 0.0309. The van der Waals surface area contributed by atoms with Gasteiger partial charge in [-0.2, -0.15) is 11.3 Å². The minimum atomic E-state index is -0.374. The fraction of sp³-hybridized carbons (Fsp3) is 0.571. The third-order valence-corrected chi connectivity index (χ3v) is 4.21. The summed E-state index contributed by atoms with van der Waals surface area (Å²) in [7, 11) is 0. The van der Waals surface area contributed by atoms with Gasteiger partial charge in [0.15, 0.2) is 0 Å². The van der Waals surface area contributed by atoms with E-state index < -0.39 is 0 Å². The smallest absolute Gasteiger partial charge is 0.246 e. The molecule has 0 aliphatic carbocycles. The van der Waals surface area contributed by atoms with Crippen molar-refractivity contribution in [1.82, 2.24) is 10.2 Å². The van der Waals surface area contributed by atoms with Gasteiger partial charge < -0.3 is 10.2 Å². The first-order chi connectivity index (χ1) is 9.04. The van der Waals surface area contributed by atoms with Crippen LogP contribution in [0.1, 0.15) is 32.8 Å². The molecule has 0 aromatic carbocycles. The zero-order chi connectivity index (χ0) is 14.0. The lowest BCUT2D eigenvalue weighted by Gasteiger charge is -2.40. The summed E-state index contributed by atoms with van der Waals surface area (Å²) in [6.07, 6.45) is 0.634. The van der Waals surface area contributed by atoms with Crippen LogP contribution in [0.25, 0.3) is 0 Å². The van der Waals surface area contributed by atoms with E-state index in [-0.39, 0.29) is 29.8 Å². The molecule has 5 heteroatoms. The molecule has 1 aliphatic rings. The highest BCUT2D eigenvalue weighted by molar-refractivity contribution is 7.07. The maximum absolute atomic E-state index is 12.5. The van der Waals surface area contributed by atoms with E-state index in [1.807, 2.05) is 37.6 Å². The second kappa shape index (κ2) is 5.74. The number of nitrogens with one attached hydrogen (secondary N) is 1. The SMILES string of the molecule is CCC1NC(=O)C(C(C)C)N(Cc2ccsc2)C1=O. The van der Waals surface area contributed by atoms with Crippen molar-refractivity contribution in [2.24, 2.45) is 5.92 Å². The van der Waals surface area contributed by atoms with E-state index in [0.29, 0.717) is 13.0 Å². The first kappa shape index (κ1) is 14.1. The van der Waals surface area contributed by atoms with Crippen LogP contribution in [0.5, 0.6) is 0 Å². The van der Waals surface area contributed by atoms with E-state index in [1.54, 1.807) is 16.2 Å². The maximum Gasteiger partial charge on any atom is 0.246 e. The van der Waals surface area contributed by atoms with Gasteiger partial charge in [-0.05, 0) is 34.7 Å². The van der Waals surface area contributed by atoms with Crippen LogP contribution in [0, 0.1) is 5.92 Å². The lowest BCUT2D eigenvalue weighted by Crippen LogP contribution is -2.64. The second-order valence-electron chi connectivity index (χ2n) is 5.26. The number of rotatable bonds is 4. The summed E-state index contributed by atoms with van der Waals surface area (Å²) in [5.41, 5.74) is 1.09. The summed E-state index contributed by atoms with van der Waals surface area (Å²) in [5.74, 6) is 0.115. The van der Waals surface area contributed by atoms with Crippen LogP contribution in [0.4, 0.5) is 0 Å². The monoisotopic (exact) mass is 280 g/mol. The summed E-state index contributed by atoms with van der Waals surface area (Å²) in [4.78, 5) is 26.4. The van der Waals surface area contributed by atoms with Gasteiger partial charge in [-0.1, -0.05) is 20.8 Å². The predicted octanol–water partition coefficient (Wildman–Crippen LogP) is 2.01. The number of nitrogens with zero attached hydrogens (tertiary/aromatic N) is 1. The van der Waals surface area contributed by atoms with Crippen LogP contribution < -0.4 is 5.32 Å². The molecule has 0 saturated carbocycles. The second-order valence-corrected chi connectivity index (χ2v) is 6.04. The normalized spacial score (nSPS) is 23.9. The molecule has 2 heterocycles. The molecule has 1 aromatic rings. The molecule has 1 fully saturated rings. The molecular weight excluding hydrogens is 260 g/mol. The van der Waals surface area contributed by atoms with E-state index in [1.165, 1.54) is 0 Å². The Morgan fingerprint density at radius 2 is 2.16 bits per heavy atom. The van der Waals surface area contributed by atoms with Gasteiger partial charge in [0.1, 0.15) is 12.1 Å². The third-order valence-electron chi connectivity index (χ3n) is 3.47. The summed E-state index contributed by atoms with van der Waals surface area (Å²) in [6, 6.07) is 1.26. The Morgan fingerprint density at radius 1 is 1.42 bits per heavy atom. The maximum atomic E-state index is 12.5. The topological polar surface area (TPSA) is 49.4 Å². The standard InChI is InChI=1S/C14H20N2O2S/c1-4-11-14(18)16(7-10-5-6-19-8-10)12(9(2)3)13(17)15-11/h5-6,8-9,11-12H,4,7H2,1-3H3,(H,15,17). The van der Waals surface area contributed by atoms with E-state index >= 15 is 0 Å². The van der Waals surface area contributed by atoms with Crippen molar-refractivity contribution >= 4 is 23.2 Å². The van der Waals surface area contributed by atoms with Crippen LogP contribution in [0.2, 0.25) is 0 Å². The average molecular weight is 280 g/mol. The summed E-state index contributed by atoms with van der Waals surface area (Å²) < 4.78 is 0. The molecule has 2 amide bonds. The van der Waals surface area contributed by atoms with Gasteiger partial charge in [0.2, 0.25) is 11.8 Å². The van der Waals surface area contributed by atoms with Crippen molar-refractivity contribution in [3.8, 4) is 0 Å². The van der Waals surface area contributed by atoms with Gasteiger partial charge in [-0.15, -0.1) is 0 Å². The number of amides is 2. The van der Waals surface area contributed by atoms with Crippen LogP contribution in [-0.4, -0.2) is 28.8 Å². The largest absolute Gasteiger partial charge is 0.343 e. The molecule has 0 spiro atoms. The van der Waals surface area contributed by atoms with Crippen molar-refractivity contribution in [2.75, 3.05) is 0 Å². The van der Waals surface area contributed by atoms with Crippen LogP contribution in [-0.2, 0) is 16.1 Å². The zero-order valence-corrected chi connectivity index (χ0v) is 12.4. The van der Waals surface area contributed by atoms with Gasteiger partial charge in [-0.3, -0.25) is 9.59 Å². The first-order valence-corrected chi connectivity index (χ1v) is 7.60. The summed E-state index contributed by atoms with van der Waals surface area (Å²) >= 11 is 1.61. The number of piperazine rings is 1. The molecule has 0 radical (unpaired) electrons. The Hall–Kier alpha value is -1.36. The Balaban J connectivity index is 2.26. The summed E-state index contributed by atoms with van der Waals surface area (Å²) in [5, 5.41) is 6.85. The third kappa shape index (κ3) is 2.81. The molecule has 1 aromatic heterocycles. The molecule has 1 N–H and O–H groups in total. The predicted molar refractivity (Wildman–Crippen MR) is 75.7 cm³/mol. The molecule has 2 rings (SSSR count). The molecule has 2 atom stereocenters. The summed E-state index contributed by atoms with van der Waals surface area (Å²) in [6.45, 7) is 6.39. The number of hydrogen-bond donors (Lipinski definition) is 1. The molecule has 1 saturated heterocycles. The molecule has 104 valence electrons. The highest BCUT2D eigenvalue weighted by Gasteiger charge is 2.41. The van der Waals surface area contributed by atoms with Crippen molar-refractivity contribution in [3.63, 3.8) is 0 Å². The molecular formula is C14H20N2O2S. The van der Waals surface area contributed by atoms with Gasteiger partial charge >= 0.3 is 0 Å². The van der Waals surface area contributed by atoms with Gasteiger partial charge in [0, 0.05) is 6.54 Å². The molecule has 19 heavy (non-hydrogen) atoms. The van der Waals surface area contributed by atoms with Crippen molar-refractivity contribution in [3.05, 3.63) is 22.4 Å². The zero-order valence-electron chi connectivity index (χ0n) is 11.6. The molecule has 4 nitrogen and oxygen atoms in total. The Bertz CT molecular complexity index is 456. The Kier molecular flexibility index (Phi) is 4.24. The van der Waals surface area contributed by atoms with Crippen LogP contribution in [0.3, 0.4) is 0 Å². The van der Waals surface area contributed by atoms with E-state index in [2.05, 4.69) is 5.32 Å². The average Bonchev–Trinajstić information content (AvgIpc) is 2.85. The van der Waals surface area contributed by atoms with Crippen molar-refractivity contribution < 1.29 is 9.59 Å². The van der Waals surface area contributed by atoms with Crippen molar-refractivity contribution in [2.45, 2.75) is 45.8 Å². The molecule has 2 unspecified atom stereocenters. The lowest BCUT2D eigenvalue weighted by molar-refractivity contribution is -0.152.